The zero-order valence-electron chi connectivity index (χ0n) is 12.9. The number of halogens is 1. The molecular formula is C16H19FN2O3. The van der Waals surface area contributed by atoms with Crippen LogP contribution in [0.25, 0.3) is 0 Å². The zero-order valence-corrected chi connectivity index (χ0v) is 12.9. The lowest BCUT2D eigenvalue weighted by molar-refractivity contribution is -0.145. The van der Waals surface area contributed by atoms with Gasteiger partial charge in [-0.15, -0.1) is 0 Å². The molecular weight excluding hydrogens is 287 g/mol. The number of esters is 1. The number of hydrogen-bond donors (Lipinski definition) is 0. The quantitative estimate of drug-likeness (QED) is 0.770. The maximum absolute atomic E-state index is 13.5. The molecule has 2 aromatic rings. The van der Waals surface area contributed by atoms with E-state index in [1.165, 1.54) is 19.2 Å². The fourth-order valence-corrected chi connectivity index (χ4v) is 2.13. The number of carbonyl (C=O) groups excluding carboxylic acids is 1. The molecule has 1 aromatic carbocycles. The number of aromatic nitrogens is 2. The Balaban J connectivity index is 1.82. The van der Waals surface area contributed by atoms with E-state index in [0.29, 0.717) is 12.1 Å². The molecule has 0 fully saturated rings. The Morgan fingerprint density at radius 2 is 2.09 bits per heavy atom. The third-order valence-electron chi connectivity index (χ3n) is 3.25. The fourth-order valence-electron chi connectivity index (χ4n) is 2.13. The first kappa shape index (κ1) is 16.0. The van der Waals surface area contributed by atoms with Gasteiger partial charge in [0.05, 0.1) is 25.8 Å². The zero-order chi connectivity index (χ0) is 16.1. The summed E-state index contributed by atoms with van der Waals surface area (Å²) >= 11 is 0. The fraction of sp³-hybridized carbons (Fsp3) is 0.375. The molecule has 0 aliphatic carbocycles. The van der Waals surface area contributed by atoms with Gasteiger partial charge in [-0.05, 0) is 37.6 Å². The van der Waals surface area contributed by atoms with Crippen LogP contribution in [0.2, 0.25) is 0 Å². The van der Waals surface area contributed by atoms with E-state index >= 15 is 0 Å². The van der Waals surface area contributed by atoms with Crippen molar-refractivity contribution in [3.63, 3.8) is 0 Å². The summed E-state index contributed by atoms with van der Waals surface area (Å²) in [4.78, 5) is 11.7. The number of carbonyl (C=O) groups is 1. The molecule has 6 heteroatoms. The molecule has 1 aromatic heterocycles. The molecule has 0 aliphatic rings. The second kappa shape index (κ2) is 7.06. The standard InChI is InChI=1S/C16H19FN2O3/c1-11-8-12(2)19(18-11)7-6-16(20)22-10-13-4-5-15(21-3)14(17)9-13/h4-5,8-9H,6-7,10H2,1-3H3. The molecule has 0 N–H and O–H groups in total. The highest BCUT2D eigenvalue weighted by molar-refractivity contribution is 5.69. The first-order valence-corrected chi connectivity index (χ1v) is 6.98. The number of rotatable bonds is 6. The molecule has 0 radical (unpaired) electrons. The Hall–Kier alpha value is -2.37. The average Bonchev–Trinajstić information content (AvgIpc) is 2.81. The molecule has 0 spiro atoms. The summed E-state index contributed by atoms with van der Waals surface area (Å²) in [5.74, 6) is -0.651. The molecule has 0 atom stereocenters. The van der Waals surface area contributed by atoms with Crippen molar-refractivity contribution in [3.8, 4) is 5.75 Å². The molecule has 0 saturated carbocycles. The third-order valence-corrected chi connectivity index (χ3v) is 3.25. The van der Waals surface area contributed by atoms with E-state index in [4.69, 9.17) is 9.47 Å². The van der Waals surface area contributed by atoms with Gasteiger partial charge in [0.2, 0.25) is 0 Å². The van der Waals surface area contributed by atoms with E-state index in [2.05, 4.69) is 5.10 Å². The van der Waals surface area contributed by atoms with Gasteiger partial charge in [-0.1, -0.05) is 6.07 Å². The van der Waals surface area contributed by atoms with Gasteiger partial charge in [0.25, 0.3) is 0 Å². The molecule has 118 valence electrons. The van der Waals surface area contributed by atoms with Gasteiger partial charge in [0.15, 0.2) is 11.6 Å². The normalized spacial score (nSPS) is 10.5. The topological polar surface area (TPSA) is 53.4 Å². The number of ether oxygens (including phenoxy) is 2. The monoisotopic (exact) mass is 306 g/mol. The maximum atomic E-state index is 13.5. The first-order chi connectivity index (χ1) is 10.5. The lowest BCUT2D eigenvalue weighted by Crippen LogP contribution is -2.11. The summed E-state index contributed by atoms with van der Waals surface area (Å²) in [7, 11) is 1.40. The van der Waals surface area contributed by atoms with Crippen LogP contribution in [0.1, 0.15) is 23.4 Å². The van der Waals surface area contributed by atoms with Gasteiger partial charge < -0.3 is 9.47 Å². The van der Waals surface area contributed by atoms with Gasteiger partial charge >= 0.3 is 5.97 Å². The Kier molecular flexibility index (Phi) is 5.14. The van der Waals surface area contributed by atoms with Gasteiger partial charge in [-0.3, -0.25) is 9.48 Å². The van der Waals surface area contributed by atoms with Gasteiger partial charge in [0.1, 0.15) is 6.61 Å². The van der Waals surface area contributed by atoms with E-state index < -0.39 is 5.82 Å². The Bertz CT molecular complexity index is 667. The lowest BCUT2D eigenvalue weighted by atomic mass is 10.2. The van der Waals surface area contributed by atoms with E-state index in [-0.39, 0.29) is 24.7 Å². The molecule has 22 heavy (non-hydrogen) atoms. The Labute approximate surface area is 128 Å². The van der Waals surface area contributed by atoms with Crippen LogP contribution in [0, 0.1) is 19.7 Å². The maximum Gasteiger partial charge on any atom is 0.308 e. The number of nitrogens with zero attached hydrogens (tertiary/aromatic N) is 2. The molecule has 0 saturated heterocycles. The van der Waals surface area contributed by atoms with E-state index in [0.717, 1.165) is 11.4 Å². The molecule has 0 aliphatic heterocycles. The molecule has 0 bridgehead atoms. The summed E-state index contributed by atoms with van der Waals surface area (Å²) in [6, 6.07) is 6.42. The van der Waals surface area contributed by atoms with Crippen LogP contribution >= 0.6 is 0 Å². The van der Waals surface area contributed by atoms with Gasteiger partial charge in [-0.2, -0.15) is 5.10 Å². The summed E-state index contributed by atoms with van der Waals surface area (Å²) in [5.41, 5.74) is 2.50. The van der Waals surface area contributed by atoms with Crippen molar-refractivity contribution >= 4 is 5.97 Å². The SMILES string of the molecule is COc1ccc(COC(=O)CCn2nc(C)cc2C)cc1F. The number of aryl methyl sites for hydroxylation is 3. The van der Waals surface area contributed by atoms with Crippen LogP contribution in [0.15, 0.2) is 24.3 Å². The van der Waals surface area contributed by atoms with Crippen LogP contribution in [-0.2, 0) is 22.7 Å². The van der Waals surface area contributed by atoms with Crippen LogP contribution in [0.3, 0.4) is 0 Å². The number of benzene rings is 1. The van der Waals surface area contributed by atoms with Crippen molar-refractivity contribution in [3.05, 3.63) is 47.0 Å². The Morgan fingerprint density at radius 3 is 2.68 bits per heavy atom. The largest absolute Gasteiger partial charge is 0.494 e. The highest BCUT2D eigenvalue weighted by atomic mass is 19.1. The molecule has 2 rings (SSSR count). The van der Waals surface area contributed by atoms with Gasteiger partial charge in [-0.25, -0.2) is 4.39 Å². The minimum absolute atomic E-state index is 0.0386. The summed E-state index contributed by atoms with van der Waals surface area (Å²) in [6.07, 6.45) is 0.223. The van der Waals surface area contributed by atoms with Crippen LogP contribution in [0.4, 0.5) is 4.39 Å². The molecule has 5 nitrogen and oxygen atoms in total. The third kappa shape index (κ3) is 4.07. The highest BCUT2D eigenvalue weighted by Crippen LogP contribution is 2.18. The predicted molar refractivity (Wildman–Crippen MR) is 79.1 cm³/mol. The van der Waals surface area contributed by atoms with Crippen molar-refractivity contribution < 1.29 is 18.7 Å². The van der Waals surface area contributed by atoms with Crippen molar-refractivity contribution in [1.82, 2.24) is 9.78 Å². The second-order valence-electron chi connectivity index (χ2n) is 5.03. The van der Waals surface area contributed by atoms with Crippen molar-refractivity contribution in [2.45, 2.75) is 33.4 Å². The van der Waals surface area contributed by atoms with Crippen LogP contribution in [0.5, 0.6) is 5.75 Å². The lowest BCUT2D eigenvalue weighted by Gasteiger charge is -2.08. The average molecular weight is 306 g/mol. The van der Waals surface area contributed by atoms with Crippen molar-refractivity contribution in [2.75, 3.05) is 7.11 Å². The van der Waals surface area contributed by atoms with E-state index in [1.54, 1.807) is 10.7 Å². The number of methoxy groups -OCH3 is 1. The van der Waals surface area contributed by atoms with Crippen LogP contribution < -0.4 is 4.74 Å². The van der Waals surface area contributed by atoms with Crippen molar-refractivity contribution in [1.29, 1.82) is 0 Å². The number of hydrogen-bond acceptors (Lipinski definition) is 4. The minimum atomic E-state index is -0.473. The van der Waals surface area contributed by atoms with E-state index in [1.807, 2.05) is 19.9 Å². The molecule has 0 amide bonds. The van der Waals surface area contributed by atoms with Crippen LogP contribution in [-0.4, -0.2) is 22.9 Å². The summed E-state index contributed by atoms with van der Waals surface area (Å²) < 4.78 is 25.3. The summed E-state index contributed by atoms with van der Waals surface area (Å²) in [5, 5.41) is 4.28. The second-order valence-corrected chi connectivity index (χ2v) is 5.03. The first-order valence-electron chi connectivity index (χ1n) is 6.98. The van der Waals surface area contributed by atoms with Gasteiger partial charge in [0, 0.05) is 5.69 Å². The Morgan fingerprint density at radius 1 is 1.32 bits per heavy atom. The minimum Gasteiger partial charge on any atom is -0.494 e. The van der Waals surface area contributed by atoms with Crippen molar-refractivity contribution in [2.24, 2.45) is 0 Å². The predicted octanol–water partition coefficient (Wildman–Crippen LogP) is 2.78. The summed E-state index contributed by atoms with van der Waals surface area (Å²) in [6.45, 7) is 4.35. The van der Waals surface area contributed by atoms with E-state index in [9.17, 15) is 9.18 Å². The molecule has 0 unspecified atom stereocenters. The highest BCUT2D eigenvalue weighted by Gasteiger charge is 2.08. The molecule has 1 heterocycles. The smallest absolute Gasteiger partial charge is 0.308 e.